The summed E-state index contributed by atoms with van der Waals surface area (Å²) in [6, 6.07) is 6.71. The molecule has 2 aliphatic carbocycles. The van der Waals surface area contributed by atoms with Crippen molar-refractivity contribution in [1.29, 1.82) is 0 Å². The van der Waals surface area contributed by atoms with E-state index in [2.05, 4.69) is 0 Å². The lowest BCUT2D eigenvalue weighted by Gasteiger charge is -2.27. The van der Waals surface area contributed by atoms with E-state index < -0.39 is 0 Å². The lowest BCUT2D eigenvalue weighted by molar-refractivity contribution is 0.258. The number of hydrogen-bond acceptors (Lipinski definition) is 1. The van der Waals surface area contributed by atoms with Gasteiger partial charge < -0.3 is 5.73 Å². The molecule has 0 bridgehead atoms. The van der Waals surface area contributed by atoms with E-state index in [4.69, 9.17) is 5.73 Å². The third kappa shape index (κ3) is 1.39. The van der Waals surface area contributed by atoms with E-state index in [0.717, 1.165) is 17.9 Å². The zero-order valence-electron chi connectivity index (χ0n) is 8.75. The van der Waals surface area contributed by atoms with Crippen molar-refractivity contribution in [3.63, 3.8) is 0 Å². The fourth-order valence-corrected chi connectivity index (χ4v) is 2.83. The van der Waals surface area contributed by atoms with Crippen molar-refractivity contribution in [2.45, 2.75) is 31.2 Å². The minimum absolute atomic E-state index is 0.140. The normalized spacial score (nSPS) is 34.9. The molecule has 0 radical (unpaired) electrons. The van der Waals surface area contributed by atoms with Crippen LogP contribution in [0, 0.1) is 17.7 Å². The zero-order chi connectivity index (χ0) is 10.5. The largest absolute Gasteiger partial charge is 0.321 e. The van der Waals surface area contributed by atoms with E-state index in [-0.39, 0.29) is 11.4 Å². The molecule has 0 spiro atoms. The Bertz CT molecular complexity index is 369. The molecule has 2 aliphatic rings. The van der Waals surface area contributed by atoms with Crippen LogP contribution in [0.25, 0.3) is 0 Å². The van der Waals surface area contributed by atoms with Crippen molar-refractivity contribution in [3.8, 4) is 0 Å². The van der Waals surface area contributed by atoms with Crippen molar-refractivity contribution >= 4 is 0 Å². The highest BCUT2D eigenvalue weighted by molar-refractivity contribution is 5.32. The fraction of sp³-hybridized carbons (Fsp3) is 0.538. The molecular formula is C13H16FN. The van der Waals surface area contributed by atoms with Crippen LogP contribution in [-0.2, 0) is 5.54 Å². The van der Waals surface area contributed by atoms with Gasteiger partial charge in [-0.1, -0.05) is 31.4 Å². The van der Waals surface area contributed by atoms with Crippen molar-refractivity contribution in [3.05, 3.63) is 35.6 Å². The number of halogens is 1. The van der Waals surface area contributed by atoms with Crippen molar-refractivity contribution in [2.75, 3.05) is 0 Å². The molecule has 0 heterocycles. The summed E-state index contributed by atoms with van der Waals surface area (Å²) in [6.45, 7) is 0. The molecule has 0 saturated heterocycles. The monoisotopic (exact) mass is 205 g/mol. The quantitative estimate of drug-likeness (QED) is 0.789. The van der Waals surface area contributed by atoms with E-state index in [1.807, 2.05) is 12.1 Å². The van der Waals surface area contributed by atoms with E-state index in [9.17, 15) is 4.39 Å². The molecule has 80 valence electrons. The van der Waals surface area contributed by atoms with E-state index in [0.29, 0.717) is 5.92 Å². The molecule has 15 heavy (non-hydrogen) atoms. The summed E-state index contributed by atoms with van der Waals surface area (Å²) in [4.78, 5) is 0. The van der Waals surface area contributed by atoms with Gasteiger partial charge in [0.15, 0.2) is 0 Å². The molecule has 1 aromatic carbocycles. The lowest BCUT2D eigenvalue weighted by Crippen LogP contribution is -2.27. The number of nitrogens with two attached hydrogens (primary N) is 1. The van der Waals surface area contributed by atoms with Gasteiger partial charge in [-0.2, -0.15) is 0 Å². The van der Waals surface area contributed by atoms with Crippen LogP contribution in [0.2, 0.25) is 0 Å². The molecule has 2 unspecified atom stereocenters. The van der Waals surface area contributed by atoms with Crippen LogP contribution in [0.3, 0.4) is 0 Å². The summed E-state index contributed by atoms with van der Waals surface area (Å²) in [7, 11) is 0. The Balaban J connectivity index is 1.80. The lowest BCUT2D eigenvalue weighted by atomic mass is 9.79. The van der Waals surface area contributed by atoms with Crippen LogP contribution in [0.4, 0.5) is 4.39 Å². The Morgan fingerprint density at radius 1 is 1.20 bits per heavy atom. The summed E-state index contributed by atoms with van der Waals surface area (Å²) >= 11 is 0. The maximum Gasteiger partial charge on any atom is 0.123 e. The van der Waals surface area contributed by atoms with Gasteiger partial charge in [-0.05, 0) is 36.0 Å². The summed E-state index contributed by atoms with van der Waals surface area (Å²) in [5.74, 6) is 1.31. The van der Waals surface area contributed by atoms with Gasteiger partial charge in [0.25, 0.3) is 0 Å². The molecular weight excluding hydrogens is 189 g/mol. The summed E-state index contributed by atoms with van der Waals surface area (Å²) in [5, 5.41) is 0. The Morgan fingerprint density at radius 3 is 2.40 bits per heavy atom. The third-order valence-corrected chi connectivity index (χ3v) is 4.16. The predicted molar refractivity (Wildman–Crippen MR) is 57.7 cm³/mol. The number of hydrogen-bond donors (Lipinski definition) is 1. The maximum atomic E-state index is 12.8. The summed E-state index contributed by atoms with van der Waals surface area (Å²) < 4.78 is 12.8. The second kappa shape index (κ2) is 3.05. The fourth-order valence-electron chi connectivity index (χ4n) is 2.83. The zero-order valence-corrected chi connectivity index (χ0v) is 8.75. The van der Waals surface area contributed by atoms with Crippen molar-refractivity contribution < 1.29 is 4.39 Å². The molecule has 2 fully saturated rings. The van der Waals surface area contributed by atoms with Crippen LogP contribution in [-0.4, -0.2) is 0 Å². The Morgan fingerprint density at radius 2 is 1.87 bits per heavy atom. The van der Waals surface area contributed by atoms with Crippen LogP contribution in [0.1, 0.15) is 31.2 Å². The molecule has 0 aromatic heterocycles. The van der Waals surface area contributed by atoms with Crippen LogP contribution < -0.4 is 5.73 Å². The molecule has 1 aromatic rings. The van der Waals surface area contributed by atoms with E-state index in [1.165, 1.54) is 31.4 Å². The Labute approximate surface area is 89.5 Å². The van der Waals surface area contributed by atoms with Crippen molar-refractivity contribution in [1.82, 2.24) is 0 Å². The highest BCUT2D eigenvalue weighted by Crippen LogP contribution is 2.58. The summed E-state index contributed by atoms with van der Waals surface area (Å²) in [6.07, 6.45) is 5.12. The number of rotatable bonds is 2. The molecule has 3 rings (SSSR count). The minimum atomic E-state index is -0.178. The molecule has 2 atom stereocenters. The van der Waals surface area contributed by atoms with Gasteiger partial charge in [0.05, 0.1) is 0 Å². The first-order valence-electron chi connectivity index (χ1n) is 5.75. The Kier molecular flexibility index (Phi) is 1.90. The topological polar surface area (TPSA) is 26.0 Å². The molecule has 2 N–H and O–H groups in total. The van der Waals surface area contributed by atoms with Crippen LogP contribution in [0.15, 0.2) is 24.3 Å². The van der Waals surface area contributed by atoms with Gasteiger partial charge in [-0.25, -0.2) is 4.39 Å². The maximum absolute atomic E-state index is 12.8. The summed E-state index contributed by atoms with van der Waals surface area (Å²) in [5.41, 5.74) is 7.32. The van der Waals surface area contributed by atoms with Gasteiger partial charge >= 0.3 is 0 Å². The SMILES string of the molecule is NC1(c2ccc(F)cc2)CC1C1CCC1. The highest BCUT2D eigenvalue weighted by Gasteiger charge is 2.56. The van der Waals surface area contributed by atoms with E-state index >= 15 is 0 Å². The number of benzene rings is 1. The van der Waals surface area contributed by atoms with Gasteiger partial charge in [0.1, 0.15) is 5.82 Å². The van der Waals surface area contributed by atoms with Gasteiger partial charge in [-0.15, -0.1) is 0 Å². The standard InChI is InChI=1S/C13H16FN/c14-11-6-4-10(5-7-11)13(15)8-12(13)9-2-1-3-9/h4-7,9,12H,1-3,8,15H2. The predicted octanol–water partition coefficient (Wildman–Crippen LogP) is 2.80. The van der Waals surface area contributed by atoms with Gasteiger partial charge in [-0.3, -0.25) is 0 Å². The molecule has 1 nitrogen and oxygen atoms in total. The first kappa shape index (κ1) is 9.34. The van der Waals surface area contributed by atoms with Gasteiger partial charge in [0.2, 0.25) is 0 Å². The highest BCUT2D eigenvalue weighted by atomic mass is 19.1. The smallest absolute Gasteiger partial charge is 0.123 e. The third-order valence-electron chi connectivity index (χ3n) is 4.16. The average molecular weight is 205 g/mol. The Hall–Kier alpha value is -0.890. The second-order valence-electron chi connectivity index (χ2n) is 5.05. The van der Waals surface area contributed by atoms with Crippen molar-refractivity contribution in [2.24, 2.45) is 17.6 Å². The van der Waals surface area contributed by atoms with Crippen LogP contribution >= 0.6 is 0 Å². The first-order chi connectivity index (χ1) is 7.20. The second-order valence-corrected chi connectivity index (χ2v) is 5.05. The first-order valence-corrected chi connectivity index (χ1v) is 5.75. The molecule has 2 heteroatoms. The van der Waals surface area contributed by atoms with Gasteiger partial charge in [0, 0.05) is 5.54 Å². The average Bonchev–Trinajstić information content (AvgIpc) is 2.77. The molecule has 2 saturated carbocycles. The molecule has 0 amide bonds. The van der Waals surface area contributed by atoms with E-state index in [1.54, 1.807) is 0 Å². The minimum Gasteiger partial charge on any atom is -0.321 e. The van der Waals surface area contributed by atoms with Crippen LogP contribution in [0.5, 0.6) is 0 Å². The molecule has 0 aliphatic heterocycles.